The lowest BCUT2D eigenvalue weighted by atomic mass is 9.87. The van der Waals surface area contributed by atoms with Gasteiger partial charge in [0.25, 0.3) is 0 Å². The number of fused-ring (bicyclic) bond motifs is 1. The Morgan fingerprint density at radius 1 is 1.33 bits per heavy atom. The maximum Gasteiger partial charge on any atom is 0.241 e. The standard InChI is InChI=1S/C16H23N3O2/c1-16(2,3)14(17)15(21)18-11-7-8-12-10(9-11)5-4-6-13(20)19-12/h7-9,14H,4-6,17H2,1-3H3,(H,18,21)(H,19,20)/t14-/m1/s1. The van der Waals surface area contributed by atoms with Crippen molar-refractivity contribution in [2.45, 2.75) is 46.1 Å². The molecule has 1 atom stereocenters. The van der Waals surface area contributed by atoms with Crippen LogP contribution >= 0.6 is 0 Å². The largest absolute Gasteiger partial charge is 0.326 e. The first-order valence-electron chi connectivity index (χ1n) is 7.26. The van der Waals surface area contributed by atoms with Gasteiger partial charge in [-0.3, -0.25) is 9.59 Å². The second-order valence-corrected chi connectivity index (χ2v) is 6.61. The molecule has 1 heterocycles. The molecule has 0 aliphatic carbocycles. The Balaban J connectivity index is 2.14. The number of rotatable bonds is 2. The molecule has 5 nitrogen and oxygen atoms in total. The first-order chi connectivity index (χ1) is 9.77. The average molecular weight is 289 g/mol. The highest BCUT2D eigenvalue weighted by Crippen LogP contribution is 2.26. The number of carbonyl (C=O) groups is 2. The van der Waals surface area contributed by atoms with E-state index in [1.165, 1.54) is 0 Å². The fourth-order valence-corrected chi connectivity index (χ4v) is 2.27. The number of amides is 2. The molecule has 0 aromatic heterocycles. The van der Waals surface area contributed by atoms with Gasteiger partial charge >= 0.3 is 0 Å². The van der Waals surface area contributed by atoms with Crippen LogP contribution in [-0.4, -0.2) is 17.9 Å². The molecule has 1 aromatic rings. The van der Waals surface area contributed by atoms with E-state index in [9.17, 15) is 9.59 Å². The van der Waals surface area contributed by atoms with Crippen LogP contribution in [0.4, 0.5) is 11.4 Å². The summed E-state index contributed by atoms with van der Waals surface area (Å²) in [6.45, 7) is 5.80. The van der Waals surface area contributed by atoms with E-state index in [2.05, 4.69) is 10.6 Å². The summed E-state index contributed by atoms with van der Waals surface area (Å²) in [6.07, 6.45) is 2.17. The molecule has 2 rings (SSSR count). The Morgan fingerprint density at radius 2 is 2.05 bits per heavy atom. The van der Waals surface area contributed by atoms with Gasteiger partial charge in [-0.15, -0.1) is 0 Å². The van der Waals surface area contributed by atoms with Gasteiger partial charge in [0.05, 0.1) is 6.04 Å². The van der Waals surface area contributed by atoms with Gasteiger partial charge in [0.2, 0.25) is 11.8 Å². The lowest BCUT2D eigenvalue weighted by molar-refractivity contribution is -0.119. The lowest BCUT2D eigenvalue weighted by Gasteiger charge is -2.26. The predicted octanol–water partition coefficient (Wildman–Crippen LogP) is 2.27. The molecule has 2 amide bonds. The van der Waals surface area contributed by atoms with Crippen molar-refractivity contribution >= 4 is 23.2 Å². The Morgan fingerprint density at radius 3 is 2.71 bits per heavy atom. The van der Waals surface area contributed by atoms with E-state index in [0.29, 0.717) is 6.42 Å². The number of hydrogen-bond acceptors (Lipinski definition) is 3. The van der Waals surface area contributed by atoms with Crippen molar-refractivity contribution in [3.8, 4) is 0 Å². The SMILES string of the molecule is CC(C)(C)[C@H](N)C(=O)Nc1ccc2c(c1)CCCC(=O)N2. The second kappa shape index (κ2) is 5.85. The third-order valence-electron chi connectivity index (χ3n) is 3.71. The lowest BCUT2D eigenvalue weighted by Crippen LogP contribution is -2.45. The van der Waals surface area contributed by atoms with E-state index in [1.54, 1.807) is 6.07 Å². The molecule has 0 fully saturated rings. The highest BCUT2D eigenvalue weighted by molar-refractivity contribution is 5.96. The molecule has 114 valence electrons. The monoisotopic (exact) mass is 289 g/mol. The zero-order valence-corrected chi connectivity index (χ0v) is 12.8. The minimum Gasteiger partial charge on any atom is -0.326 e. The maximum atomic E-state index is 12.1. The van der Waals surface area contributed by atoms with Gasteiger partial charge in [0, 0.05) is 17.8 Å². The van der Waals surface area contributed by atoms with Crippen molar-refractivity contribution in [3.63, 3.8) is 0 Å². The molecule has 0 saturated heterocycles. The minimum atomic E-state index is -0.573. The van der Waals surface area contributed by atoms with Crippen LogP contribution in [0.25, 0.3) is 0 Å². The zero-order chi connectivity index (χ0) is 15.6. The first kappa shape index (κ1) is 15.5. The van der Waals surface area contributed by atoms with Crippen molar-refractivity contribution in [1.82, 2.24) is 0 Å². The van der Waals surface area contributed by atoms with Gasteiger partial charge in [0.1, 0.15) is 0 Å². The van der Waals surface area contributed by atoms with Gasteiger partial charge in [-0.25, -0.2) is 0 Å². The fraction of sp³-hybridized carbons (Fsp3) is 0.500. The van der Waals surface area contributed by atoms with Crippen molar-refractivity contribution in [2.24, 2.45) is 11.1 Å². The van der Waals surface area contributed by atoms with E-state index in [-0.39, 0.29) is 17.2 Å². The number of nitrogens with one attached hydrogen (secondary N) is 2. The van der Waals surface area contributed by atoms with E-state index in [1.807, 2.05) is 32.9 Å². The summed E-state index contributed by atoms with van der Waals surface area (Å²) in [6, 6.07) is 4.96. The topological polar surface area (TPSA) is 84.2 Å². The summed E-state index contributed by atoms with van der Waals surface area (Å²) in [5.41, 5.74) is 8.26. The Hall–Kier alpha value is -1.88. The molecule has 1 aliphatic rings. The molecule has 21 heavy (non-hydrogen) atoms. The number of anilines is 2. The molecule has 1 aliphatic heterocycles. The number of benzene rings is 1. The van der Waals surface area contributed by atoms with Crippen LogP contribution < -0.4 is 16.4 Å². The van der Waals surface area contributed by atoms with Crippen LogP contribution in [0.1, 0.15) is 39.2 Å². The third kappa shape index (κ3) is 3.82. The maximum absolute atomic E-state index is 12.1. The molecule has 1 aromatic carbocycles. The summed E-state index contributed by atoms with van der Waals surface area (Å²) in [5, 5.41) is 5.73. The fourth-order valence-electron chi connectivity index (χ4n) is 2.27. The van der Waals surface area contributed by atoms with Gasteiger partial charge in [0.15, 0.2) is 0 Å². The quantitative estimate of drug-likeness (QED) is 0.781. The molecule has 4 N–H and O–H groups in total. The Bertz CT molecular complexity index is 561. The van der Waals surface area contributed by atoms with Crippen LogP contribution in [-0.2, 0) is 16.0 Å². The first-order valence-corrected chi connectivity index (χ1v) is 7.26. The van der Waals surface area contributed by atoms with Gasteiger partial charge in [-0.05, 0) is 42.0 Å². The Kier molecular flexibility index (Phi) is 4.32. The summed E-state index contributed by atoms with van der Waals surface area (Å²) in [4.78, 5) is 23.7. The average Bonchev–Trinajstić information content (AvgIpc) is 2.57. The highest BCUT2D eigenvalue weighted by atomic mass is 16.2. The summed E-state index contributed by atoms with van der Waals surface area (Å²) < 4.78 is 0. The van der Waals surface area contributed by atoms with Crippen LogP contribution in [0.5, 0.6) is 0 Å². The molecule has 0 unspecified atom stereocenters. The molecule has 0 saturated carbocycles. The van der Waals surface area contributed by atoms with Crippen LogP contribution in [0.2, 0.25) is 0 Å². The predicted molar refractivity (Wildman–Crippen MR) is 84.1 cm³/mol. The highest BCUT2D eigenvalue weighted by Gasteiger charge is 2.27. The van der Waals surface area contributed by atoms with Crippen molar-refractivity contribution < 1.29 is 9.59 Å². The van der Waals surface area contributed by atoms with Crippen LogP contribution in [0, 0.1) is 5.41 Å². The van der Waals surface area contributed by atoms with E-state index < -0.39 is 6.04 Å². The van der Waals surface area contributed by atoms with Gasteiger partial charge in [-0.2, -0.15) is 0 Å². The molecule has 5 heteroatoms. The van der Waals surface area contributed by atoms with Crippen molar-refractivity contribution in [2.75, 3.05) is 10.6 Å². The second-order valence-electron chi connectivity index (χ2n) is 6.61. The third-order valence-corrected chi connectivity index (χ3v) is 3.71. The molecule has 0 bridgehead atoms. The van der Waals surface area contributed by atoms with Gasteiger partial charge in [-0.1, -0.05) is 20.8 Å². The van der Waals surface area contributed by atoms with Crippen molar-refractivity contribution in [1.29, 1.82) is 0 Å². The zero-order valence-electron chi connectivity index (χ0n) is 12.8. The number of hydrogen-bond donors (Lipinski definition) is 3. The van der Waals surface area contributed by atoms with Gasteiger partial charge < -0.3 is 16.4 Å². The summed E-state index contributed by atoms with van der Waals surface area (Å²) in [7, 11) is 0. The van der Waals surface area contributed by atoms with Crippen LogP contribution in [0.15, 0.2) is 18.2 Å². The smallest absolute Gasteiger partial charge is 0.241 e. The number of aryl methyl sites for hydroxylation is 1. The number of carbonyl (C=O) groups excluding carboxylic acids is 2. The molecular formula is C16H23N3O2. The summed E-state index contributed by atoms with van der Waals surface area (Å²) >= 11 is 0. The minimum absolute atomic E-state index is 0.0419. The molecular weight excluding hydrogens is 266 g/mol. The van der Waals surface area contributed by atoms with E-state index in [0.717, 1.165) is 29.8 Å². The summed E-state index contributed by atoms with van der Waals surface area (Å²) in [5.74, 6) is -0.152. The molecule has 0 spiro atoms. The molecule has 0 radical (unpaired) electrons. The normalized spacial score (nSPS) is 16.5. The van der Waals surface area contributed by atoms with Crippen LogP contribution in [0.3, 0.4) is 0 Å². The Labute approximate surface area is 125 Å². The van der Waals surface area contributed by atoms with Crippen molar-refractivity contribution in [3.05, 3.63) is 23.8 Å². The van der Waals surface area contributed by atoms with E-state index >= 15 is 0 Å². The van der Waals surface area contributed by atoms with E-state index in [4.69, 9.17) is 5.73 Å². The number of nitrogens with two attached hydrogens (primary N) is 1.